The third kappa shape index (κ3) is 2.85. The molecule has 0 aliphatic carbocycles. The van der Waals surface area contributed by atoms with Crippen LogP contribution >= 0.6 is 11.3 Å². The molecule has 0 aliphatic rings. The van der Waals surface area contributed by atoms with Crippen LogP contribution in [0.3, 0.4) is 0 Å². The van der Waals surface area contributed by atoms with E-state index in [0.29, 0.717) is 16.4 Å². The molecule has 0 radical (unpaired) electrons. The number of rotatable bonds is 3. The van der Waals surface area contributed by atoms with Gasteiger partial charge in [-0.25, -0.2) is 4.98 Å². The van der Waals surface area contributed by atoms with Gasteiger partial charge in [-0.1, -0.05) is 0 Å². The molecular weight excluding hydrogens is 264 g/mol. The van der Waals surface area contributed by atoms with Crippen molar-refractivity contribution in [2.45, 2.75) is 13.8 Å². The molecule has 0 saturated heterocycles. The number of phenols is 1. The van der Waals surface area contributed by atoms with Crippen molar-refractivity contribution in [2.24, 2.45) is 0 Å². The van der Waals surface area contributed by atoms with Crippen molar-refractivity contribution < 1.29 is 14.6 Å². The van der Waals surface area contributed by atoms with Gasteiger partial charge in [0.25, 0.3) is 5.91 Å². The minimum Gasteiger partial charge on any atom is -0.504 e. The van der Waals surface area contributed by atoms with Crippen LogP contribution in [0.2, 0.25) is 0 Å². The number of anilines is 1. The molecule has 1 aromatic heterocycles. The van der Waals surface area contributed by atoms with Gasteiger partial charge in [0.15, 0.2) is 16.6 Å². The van der Waals surface area contributed by atoms with Crippen molar-refractivity contribution in [1.82, 2.24) is 4.98 Å². The van der Waals surface area contributed by atoms with Crippen molar-refractivity contribution in [3.05, 3.63) is 34.3 Å². The van der Waals surface area contributed by atoms with Gasteiger partial charge in [0.05, 0.1) is 12.8 Å². The first-order chi connectivity index (χ1) is 9.01. The van der Waals surface area contributed by atoms with Gasteiger partial charge in [0.2, 0.25) is 0 Å². The van der Waals surface area contributed by atoms with Gasteiger partial charge in [-0.05, 0) is 32.0 Å². The molecule has 2 aromatic rings. The van der Waals surface area contributed by atoms with Crippen LogP contribution in [0.4, 0.5) is 5.13 Å². The second-order valence-electron chi connectivity index (χ2n) is 4.00. The van der Waals surface area contributed by atoms with Gasteiger partial charge in [0, 0.05) is 10.4 Å². The summed E-state index contributed by atoms with van der Waals surface area (Å²) in [6.07, 6.45) is 0. The highest BCUT2D eigenvalue weighted by Gasteiger charge is 2.12. The second-order valence-corrected chi connectivity index (χ2v) is 5.20. The van der Waals surface area contributed by atoms with E-state index in [2.05, 4.69) is 10.3 Å². The molecule has 6 heteroatoms. The zero-order chi connectivity index (χ0) is 14.0. The molecule has 2 N–H and O–H groups in total. The zero-order valence-corrected chi connectivity index (χ0v) is 11.7. The first-order valence-electron chi connectivity index (χ1n) is 5.63. The van der Waals surface area contributed by atoms with E-state index in [1.54, 1.807) is 12.1 Å². The van der Waals surface area contributed by atoms with Crippen LogP contribution in [-0.4, -0.2) is 23.1 Å². The highest BCUT2D eigenvalue weighted by molar-refractivity contribution is 7.15. The Morgan fingerprint density at radius 1 is 1.42 bits per heavy atom. The van der Waals surface area contributed by atoms with Crippen LogP contribution in [0.15, 0.2) is 18.2 Å². The molecule has 0 fully saturated rings. The molecule has 1 amide bonds. The number of nitrogens with zero attached hydrogens (tertiary/aromatic N) is 1. The molecule has 0 bridgehead atoms. The lowest BCUT2D eigenvalue weighted by atomic mass is 10.2. The second kappa shape index (κ2) is 5.27. The summed E-state index contributed by atoms with van der Waals surface area (Å²) in [4.78, 5) is 17.3. The quantitative estimate of drug-likeness (QED) is 0.905. The minimum absolute atomic E-state index is 0.0679. The Bertz CT molecular complexity index is 603. The van der Waals surface area contributed by atoms with Crippen LogP contribution in [0.1, 0.15) is 20.9 Å². The number of ether oxygens (including phenoxy) is 1. The number of phenolic OH excluding ortho intramolecular Hbond substituents is 1. The van der Waals surface area contributed by atoms with Gasteiger partial charge >= 0.3 is 0 Å². The Labute approximate surface area is 114 Å². The van der Waals surface area contributed by atoms with E-state index >= 15 is 0 Å². The minimum atomic E-state index is -0.313. The summed E-state index contributed by atoms with van der Waals surface area (Å²) in [5.41, 5.74) is 1.25. The normalized spacial score (nSPS) is 10.3. The largest absolute Gasteiger partial charge is 0.504 e. The molecule has 2 rings (SSSR count). The van der Waals surface area contributed by atoms with Gasteiger partial charge < -0.3 is 9.84 Å². The summed E-state index contributed by atoms with van der Waals surface area (Å²) < 4.78 is 4.93. The molecule has 100 valence electrons. The van der Waals surface area contributed by atoms with E-state index in [9.17, 15) is 9.90 Å². The Morgan fingerprint density at radius 3 is 2.68 bits per heavy atom. The Morgan fingerprint density at radius 2 is 2.16 bits per heavy atom. The average molecular weight is 278 g/mol. The first kappa shape index (κ1) is 13.4. The average Bonchev–Trinajstić information content (AvgIpc) is 2.68. The molecular formula is C13H14N2O3S. The molecule has 19 heavy (non-hydrogen) atoms. The Kier molecular flexibility index (Phi) is 3.71. The van der Waals surface area contributed by atoms with Crippen molar-refractivity contribution in [1.29, 1.82) is 0 Å². The highest BCUT2D eigenvalue weighted by Crippen LogP contribution is 2.27. The lowest BCUT2D eigenvalue weighted by Crippen LogP contribution is -2.11. The predicted molar refractivity (Wildman–Crippen MR) is 74.2 cm³/mol. The number of aryl methyl sites for hydroxylation is 2. The van der Waals surface area contributed by atoms with Crippen molar-refractivity contribution in [2.75, 3.05) is 12.4 Å². The number of carbonyl (C=O) groups is 1. The molecule has 0 atom stereocenters. The number of aromatic hydroxyl groups is 1. The Hall–Kier alpha value is -2.08. The first-order valence-corrected chi connectivity index (χ1v) is 6.45. The van der Waals surface area contributed by atoms with Crippen LogP contribution in [0.25, 0.3) is 0 Å². The fraction of sp³-hybridized carbons (Fsp3) is 0.231. The molecule has 0 unspecified atom stereocenters. The van der Waals surface area contributed by atoms with Crippen molar-refractivity contribution in [3.8, 4) is 11.5 Å². The van der Waals surface area contributed by atoms with Crippen molar-refractivity contribution >= 4 is 22.4 Å². The van der Waals surface area contributed by atoms with E-state index in [1.165, 1.54) is 24.5 Å². The van der Waals surface area contributed by atoms with Gasteiger partial charge in [-0.15, -0.1) is 11.3 Å². The third-order valence-electron chi connectivity index (χ3n) is 2.69. The van der Waals surface area contributed by atoms with E-state index in [0.717, 1.165) is 10.6 Å². The van der Waals surface area contributed by atoms with E-state index in [4.69, 9.17) is 4.74 Å². The number of hydrogen-bond acceptors (Lipinski definition) is 5. The number of aromatic nitrogens is 1. The SMILES string of the molecule is COc1ccc(C(=O)Nc2nc(C)c(C)s2)cc1O. The fourth-order valence-corrected chi connectivity index (χ4v) is 2.34. The lowest BCUT2D eigenvalue weighted by Gasteiger charge is -2.05. The molecule has 1 aromatic carbocycles. The highest BCUT2D eigenvalue weighted by atomic mass is 32.1. The standard InChI is InChI=1S/C13H14N2O3S/c1-7-8(2)19-13(14-7)15-12(17)9-4-5-11(18-3)10(16)6-9/h4-6,16H,1-3H3,(H,14,15,17). The third-order valence-corrected chi connectivity index (χ3v) is 3.68. The number of nitrogens with one attached hydrogen (secondary N) is 1. The summed E-state index contributed by atoms with van der Waals surface area (Å²) in [7, 11) is 1.45. The predicted octanol–water partition coefficient (Wildman–Crippen LogP) is 2.73. The maximum Gasteiger partial charge on any atom is 0.257 e. The maximum absolute atomic E-state index is 12.0. The molecule has 0 aliphatic heterocycles. The summed E-state index contributed by atoms with van der Waals surface area (Å²) in [5.74, 6) is -0.0501. The topological polar surface area (TPSA) is 71.5 Å². The van der Waals surface area contributed by atoms with Crippen LogP contribution in [0, 0.1) is 13.8 Å². The van der Waals surface area contributed by atoms with Gasteiger partial charge in [-0.2, -0.15) is 0 Å². The molecule has 1 heterocycles. The monoisotopic (exact) mass is 278 g/mol. The maximum atomic E-state index is 12.0. The number of methoxy groups -OCH3 is 1. The smallest absolute Gasteiger partial charge is 0.257 e. The number of thiazole rings is 1. The number of hydrogen-bond donors (Lipinski definition) is 2. The van der Waals surface area contributed by atoms with Crippen LogP contribution in [0.5, 0.6) is 11.5 Å². The van der Waals surface area contributed by atoms with E-state index in [-0.39, 0.29) is 11.7 Å². The Balaban J connectivity index is 2.18. The summed E-state index contributed by atoms with van der Waals surface area (Å²) >= 11 is 1.42. The fourth-order valence-electron chi connectivity index (χ4n) is 1.53. The number of carbonyl (C=O) groups excluding carboxylic acids is 1. The van der Waals surface area contributed by atoms with Gasteiger partial charge in [0.1, 0.15) is 0 Å². The summed E-state index contributed by atoms with van der Waals surface area (Å²) in [6, 6.07) is 4.49. The molecule has 0 spiro atoms. The van der Waals surface area contributed by atoms with E-state index < -0.39 is 0 Å². The molecule has 0 saturated carbocycles. The van der Waals surface area contributed by atoms with E-state index in [1.807, 2.05) is 13.8 Å². The lowest BCUT2D eigenvalue weighted by molar-refractivity contribution is 0.102. The number of benzene rings is 1. The summed E-state index contributed by atoms with van der Waals surface area (Å²) in [6.45, 7) is 3.84. The number of amides is 1. The van der Waals surface area contributed by atoms with Crippen LogP contribution < -0.4 is 10.1 Å². The van der Waals surface area contributed by atoms with Crippen LogP contribution in [-0.2, 0) is 0 Å². The zero-order valence-electron chi connectivity index (χ0n) is 10.9. The summed E-state index contributed by atoms with van der Waals surface area (Å²) in [5, 5.41) is 12.9. The van der Waals surface area contributed by atoms with Gasteiger partial charge in [-0.3, -0.25) is 10.1 Å². The van der Waals surface area contributed by atoms with Crippen molar-refractivity contribution in [3.63, 3.8) is 0 Å². The molecule has 5 nitrogen and oxygen atoms in total.